The zero-order chi connectivity index (χ0) is 37.5. The predicted molar refractivity (Wildman–Crippen MR) is 240 cm³/mol. The minimum absolute atomic E-state index is 1.15. The van der Waals surface area contributed by atoms with Crippen LogP contribution in [-0.4, -0.2) is 13.7 Å². The molecule has 0 amide bonds. The molecule has 3 heterocycles. The summed E-state index contributed by atoms with van der Waals surface area (Å²) in [5.74, 6) is 0. The maximum absolute atomic E-state index is 2.48. The maximum Gasteiger partial charge on any atom is 0.0641 e. The van der Waals surface area contributed by atoms with Crippen molar-refractivity contribution in [1.82, 2.24) is 13.7 Å². The number of hydrogen-bond acceptors (Lipinski definition) is 0. The molecule has 3 heteroatoms. The smallest absolute Gasteiger partial charge is 0.0641 e. The highest BCUT2D eigenvalue weighted by molar-refractivity contribution is 6.26. The number of hydrogen-bond donors (Lipinski definition) is 0. The molecule has 266 valence electrons. The third-order valence-corrected chi connectivity index (χ3v) is 11.8. The predicted octanol–water partition coefficient (Wildman–Crippen LogP) is 14.3. The second-order valence-corrected chi connectivity index (χ2v) is 14.9. The summed E-state index contributed by atoms with van der Waals surface area (Å²) in [6.45, 7) is 0. The zero-order valence-corrected chi connectivity index (χ0v) is 31.0. The molecule has 0 atom stereocenters. The molecule has 0 aliphatic heterocycles. The molecule has 57 heavy (non-hydrogen) atoms. The molecule has 0 radical (unpaired) electrons. The zero-order valence-electron chi connectivity index (χ0n) is 31.0. The average Bonchev–Trinajstić information content (AvgIpc) is 3.92. The van der Waals surface area contributed by atoms with E-state index in [0.29, 0.717) is 0 Å². The molecule has 0 saturated heterocycles. The Morgan fingerprint density at radius 1 is 0.263 bits per heavy atom. The Morgan fingerprint density at radius 2 is 0.825 bits per heavy atom. The summed E-state index contributed by atoms with van der Waals surface area (Å²) >= 11 is 0. The van der Waals surface area contributed by atoms with Crippen LogP contribution in [0, 0.1) is 0 Å². The number of nitrogens with zero attached hydrogens (tertiary/aromatic N) is 3. The fourth-order valence-corrected chi connectivity index (χ4v) is 9.40. The summed E-state index contributed by atoms with van der Waals surface area (Å²) < 4.78 is 7.37. The number of rotatable bonds is 5. The molecule has 0 bridgehead atoms. The fourth-order valence-electron chi connectivity index (χ4n) is 9.40. The molecule has 3 aromatic heterocycles. The minimum atomic E-state index is 1.15. The van der Waals surface area contributed by atoms with E-state index in [4.69, 9.17) is 0 Å². The molecule has 0 aliphatic rings. The van der Waals surface area contributed by atoms with Crippen molar-refractivity contribution in [2.75, 3.05) is 0 Å². The SMILES string of the molecule is c1ccc(-c2cccc(-n3c4ccccc4c4ccc5c(c6ccccc6n5-c5ccccc5-c5ccc6c7ccccc7n(-c7ccccc7)c6c5)c43)c2)cc1. The molecular weight excluding hydrogens is 691 g/mol. The van der Waals surface area contributed by atoms with E-state index in [0.717, 1.165) is 17.1 Å². The molecular formula is C54H35N3. The Hall–Kier alpha value is -7.62. The third-order valence-electron chi connectivity index (χ3n) is 11.8. The largest absolute Gasteiger partial charge is 0.309 e. The Bertz CT molecular complexity index is 3510. The number of benzene rings is 9. The van der Waals surface area contributed by atoms with Gasteiger partial charge in [-0.1, -0.05) is 152 Å². The lowest BCUT2D eigenvalue weighted by atomic mass is 10.0. The Morgan fingerprint density at radius 3 is 1.61 bits per heavy atom. The van der Waals surface area contributed by atoms with Gasteiger partial charge >= 0.3 is 0 Å². The quantitative estimate of drug-likeness (QED) is 0.168. The van der Waals surface area contributed by atoms with Crippen LogP contribution in [0.4, 0.5) is 0 Å². The van der Waals surface area contributed by atoms with Gasteiger partial charge in [0, 0.05) is 49.3 Å². The van der Waals surface area contributed by atoms with Crippen LogP contribution in [0.3, 0.4) is 0 Å². The molecule has 0 fully saturated rings. The summed E-state index contributed by atoms with van der Waals surface area (Å²) in [5, 5.41) is 7.48. The van der Waals surface area contributed by atoms with Gasteiger partial charge in [-0.25, -0.2) is 0 Å². The molecule has 9 aromatic carbocycles. The Labute approximate surface area is 329 Å². The van der Waals surface area contributed by atoms with Crippen molar-refractivity contribution in [1.29, 1.82) is 0 Å². The van der Waals surface area contributed by atoms with Crippen LogP contribution in [0.15, 0.2) is 212 Å². The Kier molecular flexibility index (Phi) is 6.93. The van der Waals surface area contributed by atoms with Crippen LogP contribution < -0.4 is 0 Å². The summed E-state index contributed by atoms with van der Waals surface area (Å²) in [6.07, 6.45) is 0. The van der Waals surface area contributed by atoms with Gasteiger partial charge in [-0.05, 0) is 77.4 Å². The van der Waals surface area contributed by atoms with Gasteiger partial charge in [0.2, 0.25) is 0 Å². The van der Waals surface area contributed by atoms with Gasteiger partial charge in [0.05, 0.1) is 38.8 Å². The van der Waals surface area contributed by atoms with Crippen molar-refractivity contribution in [3.63, 3.8) is 0 Å². The molecule has 0 unspecified atom stereocenters. The van der Waals surface area contributed by atoms with Crippen molar-refractivity contribution in [2.24, 2.45) is 0 Å². The lowest BCUT2D eigenvalue weighted by Crippen LogP contribution is -1.98. The maximum atomic E-state index is 2.48. The van der Waals surface area contributed by atoms with E-state index in [1.165, 1.54) is 87.7 Å². The highest BCUT2D eigenvalue weighted by Gasteiger charge is 2.22. The van der Waals surface area contributed by atoms with E-state index in [-0.39, 0.29) is 0 Å². The second kappa shape index (κ2) is 12.5. The monoisotopic (exact) mass is 725 g/mol. The van der Waals surface area contributed by atoms with Crippen LogP contribution in [0.1, 0.15) is 0 Å². The molecule has 0 aliphatic carbocycles. The molecule has 12 rings (SSSR count). The normalized spacial score (nSPS) is 11.9. The topological polar surface area (TPSA) is 14.8 Å². The van der Waals surface area contributed by atoms with Crippen LogP contribution in [0.5, 0.6) is 0 Å². The average molecular weight is 726 g/mol. The Balaban J connectivity index is 1.14. The lowest BCUT2D eigenvalue weighted by molar-refractivity contribution is 1.17. The van der Waals surface area contributed by atoms with Crippen LogP contribution in [-0.2, 0) is 0 Å². The van der Waals surface area contributed by atoms with Crippen molar-refractivity contribution in [3.05, 3.63) is 212 Å². The van der Waals surface area contributed by atoms with Crippen molar-refractivity contribution in [3.8, 4) is 39.3 Å². The lowest BCUT2D eigenvalue weighted by Gasteiger charge is -2.15. The number of para-hydroxylation sites is 5. The summed E-state index contributed by atoms with van der Waals surface area (Å²) in [4.78, 5) is 0. The van der Waals surface area contributed by atoms with Gasteiger partial charge in [0.25, 0.3) is 0 Å². The third kappa shape index (κ3) is 4.73. The van der Waals surface area contributed by atoms with Crippen LogP contribution in [0.25, 0.3) is 105 Å². The van der Waals surface area contributed by atoms with Crippen molar-refractivity contribution in [2.45, 2.75) is 0 Å². The number of fused-ring (bicyclic) bond motifs is 10. The molecule has 12 aromatic rings. The van der Waals surface area contributed by atoms with E-state index in [1.807, 2.05) is 0 Å². The van der Waals surface area contributed by atoms with E-state index in [9.17, 15) is 0 Å². The summed E-state index contributed by atoms with van der Waals surface area (Å²) in [7, 11) is 0. The van der Waals surface area contributed by atoms with E-state index >= 15 is 0 Å². The second-order valence-electron chi connectivity index (χ2n) is 14.9. The van der Waals surface area contributed by atoms with E-state index < -0.39 is 0 Å². The first-order chi connectivity index (χ1) is 28.3. The molecule has 0 spiro atoms. The summed E-state index contributed by atoms with van der Waals surface area (Å²) in [5.41, 5.74) is 15.4. The first kappa shape index (κ1) is 31.7. The van der Waals surface area contributed by atoms with Gasteiger partial charge in [-0.2, -0.15) is 0 Å². The highest BCUT2D eigenvalue weighted by Crippen LogP contribution is 2.44. The van der Waals surface area contributed by atoms with E-state index in [2.05, 4.69) is 226 Å². The first-order valence-electron chi connectivity index (χ1n) is 19.6. The van der Waals surface area contributed by atoms with Crippen LogP contribution in [0.2, 0.25) is 0 Å². The van der Waals surface area contributed by atoms with Crippen LogP contribution >= 0.6 is 0 Å². The van der Waals surface area contributed by atoms with Gasteiger partial charge < -0.3 is 13.7 Å². The summed E-state index contributed by atoms with van der Waals surface area (Å²) in [6, 6.07) is 77.4. The molecule has 3 nitrogen and oxygen atoms in total. The van der Waals surface area contributed by atoms with Gasteiger partial charge in [-0.3, -0.25) is 0 Å². The van der Waals surface area contributed by atoms with Gasteiger partial charge in [-0.15, -0.1) is 0 Å². The van der Waals surface area contributed by atoms with Crippen molar-refractivity contribution < 1.29 is 0 Å². The fraction of sp³-hybridized carbons (Fsp3) is 0. The number of aromatic nitrogens is 3. The molecule has 0 saturated carbocycles. The van der Waals surface area contributed by atoms with E-state index in [1.54, 1.807) is 0 Å². The standard InChI is InChI=1S/C54H35N3/c1-3-16-36(17-4-1)37-18-15-21-40(34-37)56-49-28-13-9-24-43(49)45-32-33-51-53(54(45)56)46-25-10-14-29-50(46)57(51)47-26-11-7-22-41(47)38-30-31-44-42-23-8-12-27-48(42)55(52(44)35-38)39-19-5-2-6-20-39/h1-35H. The molecule has 0 N–H and O–H groups in total. The highest BCUT2D eigenvalue weighted by atomic mass is 15.0. The van der Waals surface area contributed by atoms with Gasteiger partial charge in [0.1, 0.15) is 0 Å². The minimum Gasteiger partial charge on any atom is -0.309 e. The van der Waals surface area contributed by atoms with Crippen molar-refractivity contribution >= 4 is 65.4 Å². The first-order valence-corrected chi connectivity index (χ1v) is 19.6. The van der Waals surface area contributed by atoms with Gasteiger partial charge in [0.15, 0.2) is 0 Å².